The van der Waals surface area contributed by atoms with E-state index in [-0.39, 0.29) is 11.9 Å². The first-order valence-electron chi connectivity index (χ1n) is 8.51. The van der Waals surface area contributed by atoms with E-state index in [0.717, 1.165) is 28.0 Å². The molecule has 0 radical (unpaired) electrons. The van der Waals surface area contributed by atoms with E-state index in [2.05, 4.69) is 11.4 Å². The Bertz CT molecular complexity index is 849. The number of ether oxygens (including phenoxy) is 1. The van der Waals surface area contributed by atoms with Gasteiger partial charge in [-0.15, -0.1) is 0 Å². The van der Waals surface area contributed by atoms with Crippen LogP contribution < -0.4 is 10.1 Å². The van der Waals surface area contributed by atoms with Crippen molar-refractivity contribution in [1.82, 2.24) is 5.32 Å². The highest BCUT2D eigenvalue weighted by atomic mass is 16.5. The van der Waals surface area contributed by atoms with E-state index in [9.17, 15) is 4.79 Å². The molecule has 0 saturated carbocycles. The lowest BCUT2D eigenvalue weighted by Gasteiger charge is -2.13. The second kappa shape index (κ2) is 7.43. The number of benzene rings is 2. The van der Waals surface area contributed by atoms with E-state index >= 15 is 0 Å². The molecule has 1 atom stereocenters. The van der Waals surface area contributed by atoms with Gasteiger partial charge in [0.1, 0.15) is 17.1 Å². The van der Waals surface area contributed by atoms with E-state index in [1.807, 2.05) is 63.2 Å². The summed E-state index contributed by atoms with van der Waals surface area (Å²) in [6, 6.07) is 15.6. The third-order valence-electron chi connectivity index (χ3n) is 4.17. The maximum absolute atomic E-state index is 12.1. The summed E-state index contributed by atoms with van der Waals surface area (Å²) in [5.74, 6) is 1.52. The number of hydrogen-bond donors (Lipinski definition) is 1. The number of furan rings is 1. The van der Waals surface area contributed by atoms with Crippen molar-refractivity contribution in [2.24, 2.45) is 0 Å². The van der Waals surface area contributed by atoms with Crippen molar-refractivity contribution in [2.45, 2.75) is 33.2 Å². The zero-order chi connectivity index (χ0) is 17.8. The lowest BCUT2D eigenvalue weighted by Crippen LogP contribution is -2.27. The fourth-order valence-corrected chi connectivity index (χ4v) is 2.82. The van der Waals surface area contributed by atoms with Crippen LogP contribution in [0, 0.1) is 13.8 Å². The standard InChI is InChI=1S/C21H23NO3/c1-14-8-9-18(15(2)12-14)24-11-10-21(23)22-16(3)20-13-17-6-4-5-7-19(17)25-20/h4-9,12-13,16H,10-11H2,1-3H3,(H,22,23). The van der Waals surface area contributed by atoms with Gasteiger partial charge in [0, 0.05) is 5.39 Å². The van der Waals surface area contributed by atoms with E-state index < -0.39 is 0 Å². The van der Waals surface area contributed by atoms with Gasteiger partial charge in [-0.3, -0.25) is 4.79 Å². The molecule has 0 aliphatic carbocycles. The number of rotatable bonds is 6. The molecular formula is C21H23NO3. The average Bonchev–Trinajstić information content (AvgIpc) is 3.01. The first-order chi connectivity index (χ1) is 12.0. The molecule has 4 nitrogen and oxygen atoms in total. The van der Waals surface area contributed by atoms with Gasteiger partial charge in [-0.25, -0.2) is 0 Å². The number of nitrogens with one attached hydrogen (secondary N) is 1. The second-order valence-electron chi connectivity index (χ2n) is 6.34. The lowest BCUT2D eigenvalue weighted by atomic mass is 10.1. The third kappa shape index (κ3) is 4.21. The van der Waals surface area contributed by atoms with Gasteiger partial charge in [0.05, 0.1) is 19.1 Å². The largest absolute Gasteiger partial charge is 0.493 e. The molecule has 0 saturated heterocycles. The fourth-order valence-electron chi connectivity index (χ4n) is 2.82. The quantitative estimate of drug-likeness (QED) is 0.709. The predicted molar refractivity (Wildman–Crippen MR) is 98.8 cm³/mol. The van der Waals surface area contributed by atoms with Gasteiger partial charge in [-0.1, -0.05) is 35.9 Å². The van der Waals surface area contributed by atoms with Crippen molar-refractivity contribution in [3.05, 3.63) is 65.4 Å². The van der Waals surface area contributed by atoms with Crippen molar-refractivity contribution in [1.29, 1.82) is 0 Å². The Morgan fingerprint density at radius 3 is 2.72 bits per heavy atom. The van der Waals surface area contributed by atoms with Crippen molar-refractivity contribution < 1.29 is 13.9 Å². The van der Waals surface area contributed by atoms with Crippen molar-refractivity contribution in [3.63, 3.8) is 0 Å². The summed E-state index contributed by atoms with van der Waals surface area (Å²) in [5.41, 5.74) is 3.11. The highest BCUT2D eigenvalue weighted by Crippen LogP contribution is 2.23. The molecule has 1 amide bonds. The van der Waals surface area contributed by atoms with E-state index in [4.69, 9.17) is 9.15 Å². The van der Waals surface area contributed by atoms with Gasteiger partial charge < -0.3 is 14.5 Å². The number of fused-ring (bicyclic) bond motifs is 1. The summed E-state index contributed by atoms with van der Waals surface area (Å²) in [5, 5.41) is 3.99. The second-order valence-corrected chi connectivity index (χ2v) is 6.34. The molecule has 25 heavy (non-hydrogen) atoms. The van der Waals surface area contributed by atoms with Gasteiger partial charge in [-0.05, 0) is 44.5 Å². The minimum atomic E-state index is -0.180. The Hall–Kier alpha value is -2.75. The van der Waals surface area contributed by atoms with Gasteiger partial charge in [0.2, 0.25) is 5.91 Å². The molecule has 0 spiro atoms. The van der Waals surface area contributed by atoms with Crippen LogP contribution in [0.2, 0.25) is 0 Å². The Balaban J connectivity index is 1.51. The minimum absolute atomic E-state index is 0.0577. The Labute approximate surface area is 147 Å². The molecule has 3 rings (SSSR count). The molecule has 2 aromatic carbocycles. The molecule has 0 aliphatic heterocycles. The molecule has 0 aliphatic rings. The highest BCUT2D eigenvalue weighted by molar-refractivity contribution is 5.79. The number of carbonyl (C=O) groups is 1. The smallest absolute Gasteiger partial charge is 0.224 e. The van der Waals surface area contributed by atoms with Crippen LogP contribution in [0.15, 0.2) is 52.9 Å². The van der Waals surface area contributed by atoms with Crippen LogP contribution in [0.25, 0.3) is 11.0 Å². The fraction of sp³-hybridized carbons (Fsp3) is 0.286. The van der Waals surface area contributed by atoms with Gasteiger partial charge in [0.15, 0.2) is 0 Å². The number of amides is 1. The highest BCUT2D eigenvalue weighted by Gasteiger charge is 2.14. The minimum Gasteiger partial charge on any atom is -0.493 e. The van der Waals surface area contributed by atoms with Crippen LogP contribution >= 0.6 is 0 Å². The van der Waals surface area contributed by atoms with E-state index in [0.29, 0.717) is 13.0 Å². The van der Waals surface area contributed by atoms with Crippen LogP contribution in [0.4, 0.5) is 0 Å². The monoisotopic (exact) mass is 337 g/mol. The van der Waals surface area contributed by atoms with E-state index in [1.54, 1.807) is 0 Å². The molecule has 1 N–H and O–H groups in total. The summed E-state index contributed by atoms with van der Waals surface area (Å²) < 4.78 is 11.5. The summed E-state index contributed by atoms with van der Waals surface area (Å²) in [6.07, 6.45) is 0.303. The van der Waals surface area contributed by atoms with Crippen LogP contribution in [0.3, 0.4) is 0 Å². The summed E-state index contributed by atoms with van der Waals surface area (Å²) >= 11 is 0. The topological polar surface area (TPSA) is 51.5 Å². The average molecular weight is 337 g/mol. The van der Waals surface area contributed by atoms with Gasteiger partial charge >= 0.3 is 0 Å². The SMILES string of the molecule is Cc1ccc(OCCC(=O)NC(C)c2cc3ccccc3o2)c(C)c1. The summed E-state index contributed by atoms with van der Waals surface area (Å²) in [6.45, 7) is 6.32. The molecule has 1 heterocycles. The summed E-state index contributed by atoms with van der Waals surface area (Å²) in [4.78, 5) is 12.1. The number of aryl methyl sites for hydroxylation is 2. The zero-order valence-electron chi connectivity index (χ0n) is 14.8. The molecule has 1 aromatic heterocycles. The zero-order valence-corrected chi connectivity index (χ0v) is 14.8. The Morgan fingerprint density at radius 2 is 1.96 bits per heavy atom. The molecule has 0 bridgehead atoms. The first-order valence-corrected chi connectivity index (χ1v) is 8.51. The van der Waals surface area contributed by atoms with E-state index in [1.165, 1.54) is 5.56 Å². The number of para-hydroxylation sites is 1. The van der Waals surface area contributed by atoms with Crippen molar-refractivity contribution >= 4 is 16.9 Å². The van der Waals surface area contributed by atoms with Crippen LogP contribution in [0.1, 0.15) is 36.3 Å². The lowest BCUT2D eigenvalue weighted by molar-refractivity contribution is -0.122. The van der Waals surface area contributed by atoms with Gasteiger partial charge in [-0.2, -0.15) is 0 Å². The molecular weight excluding hydrogens is 314 g/mol. The first kappa shape index (κ1) is 17.1. The van der Waals surface area contributed by atoms with Crippen LogP contribution in [0.5, 0.6) is 5.75 Å². The molecule has 1 unspecified atom stereocenters. The van der Waals surface area contributed by atoms with Crippen molar-refractivity contribution in [3.8, 4) is 5.75 Å². The Kier molecular flexibility index (Phi) is 5.08. The summed E-state index contributed by atoms with van der Waals surface area (Å²) in [7, 11) is 0. The normalized spacial score (nSPS) is 12.1. The Morgan fingerprint density at radius 1 is 1.16 bits per heavy atom. The maximum atomic E-state index is 12.1. The molecule has 4 heteroatoms. The third-order valence-corrected chi connectivity index (χ3v) is 4.17. The molecule has 130 valence electrons. The maximum Gasteiger partial charge on any atom is 0.224 e. The van der Waals surface area contributed by atoms with Crippen LogP contribution in [-0.2, 0) is 4.79 Å². The number of carbonyl (C=O) groups excluding carboxylic acids is 1. The van der Waals surface area contributed by atoms with Crippen molar-refractivity contribution in [2.75, 3.05) is 6.61 Å². The molecule has 3 aromatic rings. The van der Waals surface area contributed by atoms with Crippen LogP contribution in [-0.4, -0.2) is 12.5 Å². The van der Waals surface area contributed by atoms with Gasteiger partial charge in [0.25, 0.3) is 0 Å². The number of hydrogen-bond acceptors (Lipinski definition) is 3. The predicted octanol–water partition coefficient (Wildman–Crippen LogP) is 4.70. The molecule has 0 fully saturated rings.